The molecule has 0 radical (unpaired) electrons. The summed E-state index contributed by atoms with van der Waals surface area (Å²) in [4.78, 5) is 12.3. The smallest absolute Gasteiger partial charge is 0.232 e. The Morgan fingerprint density at radius 2 is 1.76 bits per heavy atom. The molecule has 0 fully saturated rings. The molecule has 1 N–H and O–H groups in total. The fourth-order valence-electron chi connectivity index (χ4n) is 2.49. The van der Waals surface area contributed by atoms with E-state index in [9.17, 15) is 13.2 Å². The summed E-state index contributed by atoms with van der Waals surface area (Å²) < 4.78 is 25.3. The molecule has 2 aromatic carbocycles. The van der Waals surface area contributed by atoms with Crippen LogP contribution in [-0.4, -0.2) is 27.1 Å². The maximum atomic E-state index is 12.3. The summed E-state index contributed by atoms with van der Waals surface area (Å²) in [6, 6.07) is 14.2. The van der Waals surface area contributed by atoms with Gasteiger partial charge in [0.05, 0.1) is 17.0 Å². The van der Waals surface area contributed by atoms with Crippen LogP contribution in [0.4, 0.5) is 11.4 Å². The van der Waals surface area contributed by atoms with Crippen LogP contribution in [0.3, 0.4) is 0 Å². The topological polar surface area (TPSA) is 66.5 Å². The maximum Gasteiger partial charge on any atom is 0.232 e. The molecule has 7 heteroatoms. The van der Waals surface area contributed by atoms with Gasteiger partial charge in [-0.15, -0.1) is 0 Å². The summed E-state index contributed by atoms with van der Waals surface area (Å²) in [5.74, 6) is -0.249. The van der Waals surface area contributed by atoms with Crippen LogP contribution >= 0.6 is 11.6 Å². The lowest BCUT2D eigenvalue weighted by Crippen LogP contribution is -2.33. The highest BCUT2D eigenvalue weighted by Crippen LogP contribution is 2.27. The van der Waals surface area contributed by atoms with Crippen LogP contribution in [-0.2, 0) is 21.2 Å². The Morgan fingerprint density at radius 3 is 2.40 bits per heavy atom. The van der Waals surface area contributed by atoms with E-state index >= 15 is 0 Å². The minimum absolute atomic E-state index is 0.0166. The Hall–Kier alpha value is -2.05. The highest BCUT2D eigenvalue weighted by atomic mass is 35.5. The molecule has 0 bridgehead atoms. The summed E-state index contributed by atoms with van der Waals surface area (Å²) in [7, 11) is -3.55. The first kappa shape index (κ1) is 19.3. The van der Waals surface area contributed by atoms with Crippen molar-refractivity contribution in [2.75, 3.05) is 22.4 Å². The molecule has 0 saturated carbocycles. The molecule has 0 aliphatic heterocycles. The zero-order valence-electron chi connectivity index (χ0n) is 14.2. The van der Waals surface area contributed by atoms with E-state index in [1.807, 2.05) is 31.2 Å². The summed E-state index contributed by atoms with van der Waals surface area (Å²) in [6.07, 6.45) is 1.92. The van der Waals surface area contributed by atoms with Crippen LogP contribution in [0.25, 0.3) is 0 Å². The number of nitrogens with zero attached hydrogens (tertiary/aromatic N) is 1. The molecule has 0 heterocycles. The zero-order chi connectivity index (χ0) is 18.4. The summed E-state index contributed by atoms with van der Waals surface area (Å²) in [6.45, 7) is 2.02. The maximum absolute atomic E-state index is 12.3. The molecule has 0 spiro atoms. The molecule has 1 amide bonds. The zero-order valence-corrected chi connectivity index (χ0v) is 15.8. The second-order valence-electron chi connectivity index (χ2n) is 5.60. The number of hydrogen-bond acceptors (Lipinski definition) is 3. The highest BCUT2D eigenvalue weighted by molar-refractivity contribution is 7.92. The van der Waals surface area contributed by atoms with Gasteiger partial charge in [-0.25, -0.2) is 8.42 Å². The SMILES string of the molecule is CCc1ccccc1NC(=O)CCN(c1ccccc1Cl)S(C)(=O)=O. The lowest BCUT2D eigenvalue weighted by atomic mass is 10.1. The molecule has 2 aromatic rings. The van der Waals surface area contributed by atoms with Crippen LogP contribution in [0.15, 0.2) is 48.5 Å². The second kappa shape index (κ2) is 8.36. The van der Waals surface area contributed by atoms with E-state index in [0.29, 0.717) is 10.7 Å². The third-order valence-electron chi connectivity index (χ3n) is 3.74. The number of para-hydroxylation sites is 2. The Bertz CT molecular complexity index is 853. The van der Waals surface area contributed by atoms with E-state index in [1.165, 1.54) is 0 Å². The predicted molar refractivity (Wildman–Crippen MR) is 103 cm³/mol. The van der Waals surface area contributed by atoms with Crippen molar-refractivity contribution in [1.82, 2.24) is 0 Å². The molecule has 0 unspecified atom stereocenters. The van der Waals surface area contributed by atoms with E-state index < -0.39 is 10.0 Å². The molecular formula is C18H21ClN2O3S. The first-order chi connectivity index (χ1) is 11.8. The number of anilines is 2. The molecule has 0 aliphatic rings. The third kappa shape index (κ3) is 5.21. The van der Waals surface area contributed by atoms with Gasteiger partial charge in [-0.1, -0.05) is 48.9 Å². The molecule has 0 atom stereocenters. The van der Waals surface area contributed by atoms with Crippen molar-refractivity contribution < 1.29 is 13.2 Å². The lowest BCUT2D eigenvalue weighted by molar-refractivity contribution is -0.116. The van der Waals surface area contributed by atoms with Crippen molar-refractivity contribution in [1.29, 1.82) is 0 Å². The number of amides is 1. The van der Waals surface area contributed by atoms with Crippen LogP contribution in [0.1, 0.15) is 18.9 Å². The number of sulfonamides is 1. The molecule has 2 rings (SSSR count). The molecular weight excluding hydrogens is 360 g/mol. The summed E-state index contributed by atoms with van der Waals surface area (Å²) in [5.41, 5.74) is 2.15. The average Bonchev–Trinajstić information content (AvgIpc) is 2.56. The predicted octanol–water partition coefficient (Wildman–Crippen LogP) is 3.70. The van der Waals surface area contributed by atoms with Crippen LogP contribution in [0.2, 0.25) is 5.02 Å². The average molecular weight is 381 g/mol. The Balaban J connectivity index is 2.11. The van der Waals surface area contributed by atoms with Gasteiger partial charge < -0.3 is 5.32 Å². The quantitative estimate of drug-likeness (QED) is 0.796. The highest BCUT2D eigenvalue weighted by Gasteiger charge is 2.20. The molecule has 25 heavy (non-hydrogen) atoms. The van der Waals surface area contributed by atoms with Gasteiger partial charge in [0, 0.05) is 18.7 Å². The normalized spacial score (nSPS) is 11.2. The van der Waals surface area contributed by atoms with E-state index in [4.69, 9.17) is 11.6 Å². The summed E-state index contributed by atoms with van der Waals surface area (Å²) >= 11 is 6.10. The number of benzene rings is 2. The van der Waals surface area contributed by atoms with Gasteiger partial charge in [0.2, 0.25) is 15.9 Å². The Kier molecular flexibility index (Phi) is 6.45. The van der Waals surface area contributed by atoms with Crippen molar-refractivity contribution in [3.8, 4) is 0 Å². The van der Waals surface area contributed by atoms with Crippen LogP contribution < -0.4 is 9.62 Å². The van der Waals surface area contributed by atoms with Gasteiger partial charge in [0.15, 0.2) is 0 Å². The number of carbonyl (C=O) groups excluding carboxylic acids is 1. The number of aryl methyl sites for hydroxylation is 1. The molecule has 134 valence electrons. The minimum Gasteiger partial charge on any atom is -0.326 e. The van der Waals surface area contributed by atoms with Gasteiger partial charge in [-0.2, -0.15) is 0 Å². The minimum atomic E-state index is -3.55. The molecule has 0 aromatic heterocycles. The third-order valence-corrected chi connectivity index (χ3v) is 5.24. The van der Waals surface area contributed by atoms with Crippen molar-refractivity contribution >= 4 is 38.9 Å². The van der Waals surface area contributed by atoms with E-state index in [0.717, 1.165) is 28.2 Å². The standard InChI is InChI=1S/C18H21ClN2O3S/c1-3-14-8-4-6-10-16(14)20-18(22)12-13-21(25(2,23)24)17-11-7-5-9-15(17)19/h4-11H,3,12-13H2,1-2H3,(H,20,22). The number of rotatable bonds is 7. The number of hydrogen-bond donors (Lipinski definition) is 1. The van der Waals surface area contributed by atoms with Crippen molar-refractivity contribution in [3.63, 3.8) is 0 Å². The van der Waals surface area contributed by atoms with Crippen molar-refractivity contribution in [3.05, 3.63) is 59.1 Å². The number of halogens is 1. The largest absolute Gasteiger partial charge is 0.326 e. The number of carbonyl (C=O) groups is 1. The molecule has 0 aliphatic carbocycles. The molecule has 5 nitrogen and oxygen atoms in total. The van der Waals surface area contributed by atoms with Gasteiger partial charge in [-0.3, -0.25) is 9.10 Å². The lowest BCUT2D eigenvalue weighted by Gasteiger charge is -2.23. The van der Waals surface area contributed by atoms with Gasteiger partial charge in [-0.05, 0) is 30.2 Å². The van der Waals surface area contributed by atoms with E-state index in [2.05, 4.69) is 5.32 Å². The monoisotopic (exact) mass is 380 g/mol. The van der Waals surface area contributed by atoms with Crippen LogP contribution in [0.5, 0.6) is 0 Å². The fourth-order valence-corrected chi connectivity index (χ4v) is 3.71. The van der Waals surface area contributed by atoms with E-state index in [1.54, 1.807) is 24.3 Å². The first-order valence-corrected chi connectivity index (χ1v) is 10.2. The van der Waals surface area contributed by atoms with Gasteiger partial charge in [0.25, 0.3) is 0 Å². The first-order valence-electron chi connectivity index (χ1n) is 7.93. The van der Waals surface area contributed by atoms with Crippen molar-refractivity contribution in [2.45, 2.75) is 19.8 Å². The van der Waals surface area contributed by atoms with Crippen molar-refractivity contribution in [2.24, 2.45) is 0 Å². The fraction of sp³-hybridized carbons (Fsp3) is 0.278. The van der Waals surface area contributed by atoms with E-state index in [-0.39, 0.29) is 18.9 Å². The Labute approximate surface area is 153 Å². The van der Waals surface area contributed by atoms with Gasteiger partial charge in [0.1, 0.15) is 0 Å². The second-order valence-corrected chi connectivity index (χ2v) is 7.91. The molecule has 0 saturated heterocycles. The Morgan fingerprint density at radius 1 is 1.12 bits per heavy atom. The summed E-state index contributed by atoms with van der Waals surface area (Å²) in [5, 5.41) is 3.16. The van der Waals surface area contributed by atoms with Crippen LogP contribution in [0, 0.1) is 0 Å². The number of nitrogens with one attached hydrogen (secondary N) is 1. The van der Waals surface area contributed by atoms with Gasteiger partial charge >= 0.3 is 0 Å².